The maximum Gasteiger partial charge on any atom is 0.253 e. The fraction of sp³-hybridized carbons (Fsp3) is 0.619. The minimum Gasteiger partial charge on any atom is -0.345 e. The van der Waals surface area contributed by atoms with Crippen molar-refractivity contribution in [2.45, 2.75) is 38.6 Å². The van der Waals surface area contributed by atoms with Gasteiger partial charge >= 0.3 is 0 Å². The number of piperazine rings is 1. The Balaban J connectivity index is 1.65. The van der Waals surface area contributed by atoms with Gasteiger partial charge in [-0.15, -0.1) is 0 Å². The number of hydrogen-bond donors (Lipinski definition) is 0. The largest absolute Gasteiger partial charge is 0.345 e. The van der Waals surface area contributed by atoms with E-state index in [1.54, 1.807) is 24.3 Å². The third-order valence-corrected chi connectivity index (χ3v) is 6.29. The van der Waals surface area contributed by atoms with Crippen LogP contribution in [-0.2, 0) is 4.79 Å². The van der Waals surface area contributed by atoms with Crippen molar-refractivity contribution >= 4 is 23.4 Å². The molecular weight excluding hydrogens is 362 g/mol. The Morgan fingerprint density at radius 2 is 1.70 bits per heavy atom. The van der Waals surface area contributed by atoms with E-state index in [0.717, 1.165) is 32.5 Å². The van der Waals surface area contributed by atoms with Crippen LogP contribution in [0.1, 0.15) is 43.0 Å². The molecule has 1 unspecified atom stereocenters. The number of carbonyl (C=O) groups is 2. The molecule has 2 amide bonds. The highest BCUT2D eigenvalue weighted by Gasteiger charge is 2.38. The Morgan fingerprint density at radius 1 is 1.11 bits per heavy atom. The van der Waals surface area contributed by atoms with Gasteiger partial charge < -0.3 is 9.80 Å². The molecule has 1 aromatic carbocycles. The number of hydrogen-bond acceptors (Lipinski definition) is 3. The summed E-state index contributed by atoms with van der Waals surface area (Å²) in [5.41, 5.74) is 0.669. The highest BCUT2D eigenvalue weighted by molar-refractivity contribution is 6.30. The minimum atomic E-state index is -0.0368. The Kier molecular flexibility index (Phi) is 6.77. The molecule has 0 bridgehead atoms. The predicted molar refractivity (Wildman–Crippen MR) is 108 cm³/mol. The third-order valence-electron chi connectivity index (χ3n) is 6.04. The van der Waals surface area contributed by atoms with E-state index in [9.17, 15) is 9.59 Å². The first-order valence-corrected chi connectivity index (χ1v) is 10.4. The Bertz CT molecular complexity index is 650. The van der Waals surface area contributed by atoms with Gasteiger partial charge in [-0.3, -0.25) is 14.5 Å². The molecule has 1 saturated heterocycles. The second-order valence-electron chi connectivity index (χ2n) is 7.68. The number of amides is 2. The van der Waals surface area contributed by atoms with Crippen LogP contribution in [0.15, 0.2) is 24.3 Å². The summed E-state index contributed by atoms with van der Waals surface area (Å²) in [5.74, 6) is 0.729. The van der Waals surface area contributed by atoms with Crippen LogP contribution in [0.5, 0.6) is 0 Å². The molecule has 6 heteroatoms. The SMILES string of the molecule is CCN(C)C(=O)C(C1CCCC1)N1CCN(C(=O)c2ccc(Cl)cc2)CC1. The summed E-state index contributed by atoms with van der Waals surface area (Å²) in [4.78, 5) is 31.8. The molecule has 5 nitrogen and oxygen atoms in total. The van der Waals surface area contributed by atoms with E-state index in [1.165, 1.54) is 12.8 Å². The van der Waals surface area contributed by atoms with Crippen molar-refractivity contribution in [1.82, 2.24) is 14.7 Å². The lowest BCUT2D eigenvalue weighted by Gasteiger charge is -2.42. The van der Waals surface area contributed by atoms with Gasteiger partial charge in [-0.1, -0.05) is 24.4 Å². The molecule has 1 aromatic rings. The monoisotopic (exact) mass is 391 g/mol. The number of likely N-dealkylation sites (N-methyl/N-ethyl adjacent to an activating group) is 1. The summed E-state index contributed by atoms with van der Waals surface area (Å²) in [7, 11) is 1.89. The van der Waals surface area contributed by atoms with Crippen LogP contribution >= 0.6 is 11.6 Å². The Labute approximate surface area is 167 Å². The summed E-state index contributed by atoms with van der Waals surface area (Å²) in [6.07, 6.45) is 4.72. The summed E-state index contributed by atoms with van der Waals surface area (Å²) >= 11 is 5.92. The standard InChI is InChI=1S/C21H30ClN3O2/c1-3-23(2)21(27)19(16-6-4-5-7-16)24-12-14-25(15-13-24)20(26)17-8-10-18(22)11-9-17/h8-11,16,19H,3-7,12-15H2,1-2H3. The molecule has 0 N–H and O–H groups in total. The molecule has 1 heterocycles. The number of rotatable bonds is 5. The van der Waals surface area contributed by atoms with E-state index in [4.69, 9.17) is 11.6 Å². The van der Waals surface area contributed by atoms with Crippen LogP contribution in [0, 0.1) is 5.92 Å². The van der Waals surface area contributed by atoms with Gasteiger partial charge in [0.05, 0.1) is 6.04 Å². The Morgan fingerprint density at radius 3 is 2.26 bits per heavy atom. The number of benzene rings is 1. The molecule has 2 aliphatic rings. The first-order chi connectivity index (χ1) is 13.0. The van der Waals surface area contributed by atoms with Crippen LogP contribution in [0.2, 0.25) is 5.02 Å². The van der Waals surface area contributed by atoms with Gasteiger partial charge in [-0.2, -0.15) is 0 Å². The molecule has 2 fully saturated rings. The molecule has 27 heavy (non-hydrogen) atoms. The molecule has 0 aromatic heterocycles. The van der Waals surface area contributed by atoms with E-state index < -0.39 is 0 Å². The Hall–Kier alpha value is -1.59. The highest BCUT2D eigenvalue weighted by Crippen LogP contribution is 2.32. The summed E-state index contributed by atoms with van der Waals surface area (Å²) in [6, 6.07) is 7.02. The minimum absolute atomic E-state index is 0.0368. The number of nitrogens with zero attached hydrogens (tertiary/aromatic N) is 3. The summed E-state index contributed by atoms with van der Waals surface area (Å²) < 4.78 is 0. The molecular formula is C21H30ClN3O2. The van der Waals surface area contributed by atoms with Gasteiger partial charge in [-0.25, -0.2) is 0 Å². The van der Waals surface area contributed by atoms with E-state index >= 15 is 0 Å². The molecule has 1 aliphatic heterocycles. The van der Waals surface area contributed by atoms with Crippen molar-refractivity contribution in [2.75, 3.05) is 39.8 Å². The van der Waals surface area contributed by atoms with E-state index in [2.05, 4.69) is 4.90 Å². The highest BCUT2D eigenvalue weighted by atomic mass is 35.5. The van der Waals surface area contributed by atoms with Gasteiger partial charge in [0.15, 0.2) is 0 Å². The van der Waals surface area contributed by atoms with Crippen LogP contribution in [0.25, 0.3) is 0 Å². The van der Waals surface area contributed by atoms with Crippen LogP contribution in [-0.4, -0.2) is 72.3 Å². The maximum atomic E-state index is 13.0. The van der Waals surface area contributed by atoms with E-state index in [1.807, 2.05) is 23.8 Å². The second-order valence-corrected chi connectivity index (χ2v) is 8.11. The fourth-order valence-corrected chi connectivity index (χ4v) is 4.41. The first-order valence-electron chi connectivity index (χ1n) is 10.0. The molecule has 148 valence electrons. The third kappa shape index (κ3) is 4.64. The molecule has 1 aliphatic carbocycles. The molecule has 1 saturated carbocycles. The molecule has 3 rings (SSSR count). The first kappa shape index (κ1) is 20.2. The van der Waals surface area contributed by atoms with Crippen LogP contribution < -0.4 is 0 Å². The lowest BCUT2D eigenvalue weighted by molar-refractivity contribution is -0.138. The average Bonchev–Trinajstić information content (AvgIpc) is 3.22. The van der Waals surface area contributed by atoms with Crippen LogP contribution in [0.4, 0.5) is 0 Å². The van der Waals surface area contributed by atoms with Crippen LogP contribution in [0.3, 0.4) is 0 Å². The average molecular weight is 392 g/mol. The van der Waals surface area contributed by atoms with Crippen molar-refractivity contribution in [1.29, 1.82) is 0 Å². The van der Waals surface area contributed by atoms with Gasteiger partial charge in [0.2, 0.25) is 5.91 Å². The van der Waals surface area contributed by atoms with Crippen molar-refractivity contribution in [2.24, 2.45) is 5.92 Å². The quantitative estimate of drug-likeness (QED) is 0.774. The smallest absolute Gasteiger partial charge is 0.253 e. The predicted octanol–water partition coefficient (Wildman–Crippen LogP) is 3.13. The van der Waals surface area contributed by atoms with Crippen molar-refractivity contribution in [3.05, 3.63) is 34.9 Å². The van der Waals surface area contributed by atoms with Crippen molar-refractivity contribution < 1.29 is 9.59 Å². The topological polar surface area (TPSA) is 43.9 Å². The summed E-state index contributed by atoms with van der Waals surface area (Å²) in [5, 5.41) is 0.634. The lowest BCUT2D eigenvalue weighted by Crippen LogP contribution is -2.58. The van der Waals surface area contributed by atoms with Crippen molar-refractivity contribution in [3.8, 4) is 0 Å². The van der Waals surface area contributed by atoms with Gasteiger partial charge in [0.25, 0.3) is 5.91 Å². The lowest BCUT2D eigenvalue weighted by atomic mass is 9.94. The molecule has 1 atom stereocenters. The second kappa shape index (κ2) is 9.07. The number of halogens is 1. The van der Waals surface area contributed by atoms with Crippen molar-refractivity contribution in [3.63, 3.8) is 0 Å². The zero-order chi connectivity index (χ0) is 19.4. The molecule has 0 radical (unpaired) electrons. The van der Waals surface area contributed by atoms with Gasteiger partial charge in [-0.05, 0) is 49.9 Å². The zero-order valence-electron chi connectivity index (χ0n) is 16.4. The molecule has 0 spiro atoms. The normalized spacial score (nSPS) is 19.9. The summed E-state index contributed by atoms with van der Waals surface area (Å²) in [6.45, 7) is 5.58. The van der Waals surface area contributed by atoms with Gasteiger partial charge in [0.1, 0.15) is 0 Å². The van der Waals surface area contributed by atoms with E-state index in [0.29, 0.717) is 29.6 Å². The fourth-order valence-electron chi connectivity index (χ4n) is 4.29. The van der Waals surface area contributed by atoms with Gasteiger partial charge in [0, 0.05) is 50.4 Å². The number of carbonyl (C=O) groups excluding carboxylic acids is 2. The maximum absolute atomic E-state index is 13.0. The zero-order valence-corrected chi connectivity index (χ0v) is 17.1. The van der Waals surface area contributed by atoms with E-state index in [-0.39, 0.29) is 17.9 Å².